The van der Waals surface area contributed by atoms with Crippen LogP contribution < -0.4 is 10.1 Å². The third-order valence-electron chi connectivity index (χ3n) is 3.28. The Morgan fingerprint density at radius 3 is 3.17 bits per heavy atom. The number of H-pyrrole nitrogens is 1. The number of nitrogens with one attached hydrogen (secondary N) is 2. The average molecular weight is 243 g/mol. The largest absolute Gasteiger partial charge is 0.490 e. The van der Waals surface area contributed by atoms with E-state index in [2.05, 4.69) is 34.3 Å². The fraction of sp³-hybridized carbons (Fsp3) is 0.357. The first-order chi connectivity index (χ1) is 8.83. The molecule has 2 heterocycles. The van der Waals surface area contributed by atoms with Crippen LogP contribution in [0.5, 0.6) is 5.75 Å². The monoisotopic (exact) mass is 243 g/mol. The Hall–Kier alpha value is -1.81. The summed E-state index contributed by atoms with van der Waals surface area (Å²) in [4.78, 5) is 7.13. The predicted octanol–water partition coefficient (Wildman–Crippen LogP) is 2.41. The second-order valence-corrected chi connectivity index (χ2v) is 4.71. The summed E-state index contributed by atoms with van der Waals surface area (Å²) in [6, 6.07) is 8.58. The Balaban J connectivity index is 1.76. The Morgan fingerprint density at radius 2 is 2.33 bits per heavy atom. The number of benzene rings is 1. The van der Waals surface area contributed by atoms with E-state index in [1.165, 1.54) is 5.56 Å². The van der Waals surface area contributed by atoms with Crippen LogP contribution in [-0.2, 0) is 6.54 Å². The van der Waals surface area contributed by atoms with Crippen molar-refractivity contribution in [2.45, 2.75) is 32.0 Å². The molecule has 2 N–H and O–H groups in total. The second kappa shape index (κ2) is 4.82. The maximum absolute atomic E-state index is 5.84. The molecule has 0 fully saturated rings. The smallest absolute Gasteiger partial charge is 0.124 e. The molecule has 0 unspecified atom stereocenters. The van der Waals surface area contributed by atoms with Crippen molar-refractivity contribution in [3.63, 3.8) is 0 Å². The Bertz CT molecular complexity index is 510. The van der Waals surface area contributed by atoms with Crippen LogP contribution in [-0.4, -0.2) is 16.1 Å². The van der Waals surface area contributed by atoms with Crippen LogP contribution in [0.25, 0.3) is 0 Å². The van der Waals surface area contributed by atoms with Gasteiger partial charge in [-0.25, -0.2) is 4.98 Å². The van der Waals surface area contributed by atoms with Gasteiger partial charge in [-0.3, -0.25) is 0 Å². The Labute approximate surface area is 106 Å². The number of fused-ring (bicyclic) bond motifs is 1. The Morgan fingerprint density at radius 1 is 1.44 bits per heavy atom. The zero-order valence-electron chi connectivity index (χ0n) is 10.4. The maximum Gasteiger partial charge on any atom is 0.124 e. The van der Waals surface area contributed by atoms with E-state index in [1.54, 1.807) is 6.33 Å². The van der Waals surface area contributed by atoms with Crippen LogP contribution in [0.2, 0.25) is 0 Å². The van der Waals surface area contributed by atoms with Crippen molar-refractivity contribution in [1.29, 1.82) is 0 Å². The third kappa shape index (κ3) is 2.24. The molecule has 2 atom stereocenters. The molecule has 0 radical (unpaired) electrons. The van der Waals surface area contributed by atoms with Gasteiger partial charge in [-0.15, -0.1) is 0 Å². The molecule has 0 bridgehead atoms. The number of hydrogen-bond donors (Lipinski definition) is 2. The number of ether oxygens (including phenoxy) is 1. The number of aromatic nitrogens is 2. The lowest BCUT2D eigenvalue weighted by Gasteiger charge is -2.31. The number of aromatic amines is 1. The van der Waals surface area contributed by atoms with E-state index in [-0.39, 0.29) is 6.10 Å². The van der Waals surface area contributed by atoms with Gasteiger partial charge in [0.15, 0.2) is 0 Å². The topological polar surface area (TPSA) is 49.9 Å². The summed E-state index contributed by atoms with van der Waals surface area (Å²) >= 11 is 0. The Kier molecular flexibility index (Phi) is 3.02. The lowest BCUT2D eigenvalue weighted by molar-refractivity contribution is 0.166. The van der Waals surface area contributed by atoms with Gasteiger partial charge in [0.2, 0.25) is 0 Å². The number of hydrogen-bond acceptors (Lipinski definition) is 3. The molecule has 0 amide bonds. The van der Waals surface area contributed by atoms with Crippen molar-refractivity contribution >= 4 is 0 Å². The van der Waals surface area contributed by atoms with E-state index in [9.17, 15) is 0 Å². The quantitative estimate of drug-likeness (QED) is 0.870. The van der Waals surface area contributed by atoms with Crippen molar-refractivity contribution in [3.8, 4) is 5.75 Å². The van der Waals surface area contributed by atoms with E-state index >= 15 is 0 Å². The molecule has 1 aliphatic rings. The summed E-state index contributed by atoms with van der Waals surface area (Å²) in [7, 11) is 0. The molecule has 18 heavy (non-hydrogen) atoms. The van der Waals surface area contributed by atoms with Gasteiger partial charge in [0.1, 0.15) is 5.75 Å². The summed E-state index contributed by atoms with van der Waals surface area (Å²) in [5, 5.41) is 3.56. The van der Waals surface area contributed by atoms with E-state index in [0.29, 0.717) is 6.04 Å². The summed E-state index contributed by atoms with van der Waals surface area (Å²) in [5.41, 5.74) is 2.35. The van der Waals surface area contributed by atoms with Crippen LogP contribution in [0.3, 0.4) is 0 Å². The first-order valence-electron chi connectivity index (χ1n) is 6.29. The number of nitrogens with zero attached hydrogens (tertiary/aromatic N) is 1. The lowest BCUT2D eigenvalue weighted by Crippen LogP contribution is -2.31. The van der Waals surface area contributed by atoms with Crippen molar-refractivity contribution in [2.24, 2.45) is 0 Å². The summed E-state index contributed by atoms with van der Waals surface area (Å²) in [6.07, 6.45) is 4.80. The van der Waals surface area contributed by atoms with Gasteiger partial charge >= 0.3 is 0 Å². The highest BCUT2D eigenvalue weighted by atomic mass is 16.5. The van der Waals surface area contributed by atoms with Gasteiger partial charge in [-0.05, 0) is 13.0 Å². The zero-order valence-corrected chi connectivity index (χ0v) is 10.4. The van der Waals surface area contributed by atoms with Gasteiger partial charge < -0.3 is 15.0 Å². The first kappa shape index (κ1) is 11.3. The molecule has 1 aromatic carbocycles. The van der Waals surface area contributed by atoms with Gasteiger partial charge in [0.25, 0.3) is 0 Å². The molecule has 1 aliphatic heterocycles. The number of para-hydroxylation sites is 1. The van der Waals surface area contributed by atoms with E-state index in [1.807, 2.05) is 18.3 Å². The fourth-order valence-corrected chi connectivity index (χ4v) is 2.41. The van der Waals surface area contributed by atoms with Gasteiger partial charge in [-0.1, -0.05) is 18.2 Å². The molecular formula is C14H17N3O. The summed E-state index contributed by atoms with van der Waals surface area (Å²) < 4.78 is 5.84. The van der Waals surface area contributed by atoms with Crippen LogP contribution in [0.4, 0.5) is 0 Å². The minimum atomic E-state index is 0.249. The fourth-order valence-electron chi connectivity index (χ4n) is 2.41. The second-order valence-electron chi connectivity index (χ2n) is 4.71. The van der Waals surface area contributed by atoms with Crippen molar-refractivity contribution < 1.29 is 4.74 Å². The minimum absolute atomic E-state index is 0.249. The molecule has 1 aromatic heterocycles. The average Bonchev–Trinajstić information content (AvgIpc) is 2.89. The zero-order chi connectivity index (χ0) is 12.4. The summed E-state index contributed by atoms with van der Waals surface area (Å²) in [5.74, 6) is 0.998. The molecule has 0 saturated heterocycles. The van der Waals surface area contributed by atoms with Gasteiger partial charge in [0, 0.05) is 36.5 Å². The van der Waals surface area contributed by atoms with E-state index in [0.717, 1.165) is 24.4 Å². The SMILES string of the molecule is C[C@@H]1C[C@@H](NCc2cnc[nH]2)c2ccccc2O1. The minimum Gasteiger partial charge on any atom is -0.490 e. The van der Waals surface area contributed by atoms with Crippen molar-refractivity contribution in [1.82, 2.24) is 15.3 Å². The third-order valence-corrected chi connectivity index (χ3v) is 3.28. The van der Waals surface area contributed by atoms with E-state index in [4.69, 9.17) is 4.74 Å². The number of imidazole rings is 1. The van der Waals surface area contributed by atoms with Crippen molar-refractivity contribution in [2.75, 3.05) is 0 Å². The van der Waals surface area contributed by atoms with Gasteiger partial charge in [-0.2, -0.15) is 0 Å². The highest BCUT2D eigenvalue weighted by Crippen LogP contribution is 2.34. The highest BCUT2D eigenvalue weighted by molar-refractivity contribution is 5.37. The van der Waals surface area contributed by atoms with Crippen LogP contribution in [0, 0.1) is 0 Å². The molecule has 3 rings (SSSR count). The molecule has 0 saturated carbocycles. The highest BCUT2D eigenvalue weighted by Gasteiger charge is 2.24. The normalized spacial score (nSPS) is 22.3. The number of rotatable bonds is 3. The van der Waals surface area contributed by atoms with Crippen LogP contribution in [0.1, 0.15) is 30.6 Å². The van der Waals surface area contributed by atoms with Crippen LogP contribution >= 0.6 is 0 Å². The van der Waals surface area contributed by atoms with Crippen LogP contribution in [0.15, 0.2) is 36.8 Å². The van der Waals surface area contributed by atoms with E-state index < -0.39 is 0 Å². The molecule has 94 valence electrons. The molecule has 2 aromatic rings. The summed E-state index contributed by atoms with van der Waals surface area (Å²) in [6.45, 7) is 2.91. The molecule has 4 heteroatoms. The molecule has 4 nitrogen and oxygen atoms in total. The molecular weight excluding hydrogens is 226 g/mol. The lowest BCUT2D eigenvalue weighted by atomic mass is 9.97. The van der Waals surface area contributed by atoms with Crippen molar-refractivity contribution in [3.05, 3.63) is 48.0 Å². The molecule has 0 aliphatic carbocycles. The predicted molar refractivity (Wildman–Crippen MR) is 69.3 cm³/mol. The molecule has 0 spiro atoms. The van der Waals surface area contributed by atoms with Gasteiger partial charge in [0.05, 0.1) is 12.4 Å². The standard InChI is InChI=1S/C14H17N3O/c1-10-6-13(16-8-11-7-15-9-17-11)12-4-2-3-5-14(12)18-10/h2-5,7,9-10,13,16H,6,8H2,1H3,(H,15,17)/t10-,13-/m1/s1. The maximum atomic E-state index is 5.84. The first-order valence-corrected chi connectivity index (χ1v) is 6.29.